The molecule has 108 valence electrons. The Bertz CT molecular complexity index is 489. The van der Waals surface area contributed by atoms with Gasteiger partial charge in [0, 0.05) is 26.2 Å². The third-order valence-electron chi connectivity index (χ3n) is 3.66. The van der Waals surface area contributed by atoms with Crippen LogP contribution in [-0.4, -0.2) is 67.0 Å². The summed E-state index contributed by atoms with van der Waals surface area (Å²) in [4.78, 5) is 24.4. The fourth-order valence-corrected chi connectivity index (χ4v) is 3.30. The first kappa shape index (κ1) is 14.3. The van der Waals surface area contributed by atoms with Crippen molar-refractivity contribution >= 4 is 21.9 Å². The second-order valence-electron chi connectivity index (χ2n) is 5.13. The van der Waals surface area contributed by atoms with E-state index in [1.54, 1.807) is 4.90 Å². The molecule has 2 rings (SSSR count). The summed E-state index contributed by atoms with van der Waals surface area (Å²) in [5, 5.41) is 8.82. The molecule has 1 N–H and O–H groups in total. The molecule has 0 radical (unpaired) electrons. The molecule has 1 amide bonds. The smallest absolute Gasteiger partial charge is 0.307 e. The van der Waals surface area contributed by atoms with Crippen LogP contribution in [0.2, 0.25) is 0 Å². The number of carbonyl (C=O) groups is 2. The molecule has 0 spiro atoms. The van der Waals surface area contributed by atoms with Crippen LogP contribution in [0.25, 0.3) is 0 Å². The van der Waals surface area contributed by atoms with E-state index < -0.39 is 27.8 Å². The Kier molecular flexibility index (Phi) is 3.82. The Morgan fingerprint density at radius 2 is 1.79 bits per heavy atom. The lowest BCUT2D eigenvalue weighted by molar-refractivity contribution is -0.141. The second kappa shape index (κ2) is 5.09. The van der Waals surface area contributed by atoms with Crippen molar-refractivity contribution in [2.24, 2.45) is 11.8 Å². The molecule has 1 aliphatic heterocycles. The van der Waals surface area contributed by atoms with Crippen molar-refractivity contribution in [3.8, 4) is 0 Å². The van der Waals surface area contributed by atoms with Crippen LogP contribution in [0.5, 0.6) is 0 Å². The van der Waals surface area contributed by atoms with Gasteiger partial charge in [-0.2, -0.15) is 0 Å². The molecule has 2 atom stereocenters. The summed E-state index contributed by atoms with van der Waals surface area (Å²) in [6, 6.07) is 0. The van der Waals surface area contributed by atoms with Gasteiger partial charge in [-0.25, -0.2) is 12.7 Å². The monoisotopic (exact) mass is 290 g/mol. The number of hydrogen-bond donors (Lipinski definition) is 1. The zero-order valence-electron chi connectivity index (χ0n) is 10.8. The number of nitrogens with zero attached hydrogens (tertiary/aromatic N) is 2. The number of aliphatic carboxylic acids is 1. The van der Waals surface area contributed by atoms with Gasteiger partial charge in [0.15, 0.2) is 0 Å². The highest BCUT2D eigenvalue weighted by atomic mass is 32.2. The molecule has 1 aliphatic carbocycles. The van der Waals surface area contributed by atoms with Crippen LogP contribution in [0.3, 0.4) is 0 Å². The van der Waals surface area contributed by atoms with E-state index in [1.165, 1.54) is 4.31 Å². The van der Waals surface area contributed by atoms with Gasteiger partial charge >= 0.3 is 5.97 Å². The number of amides is 1. The minimum Gasteiger partial charge on any atom is -0.481 e. The van der Waals surface area contributed by atoms with Crippen LogP contribution in [0, 0.1) is 11.8 Å². The number of hydrogen-bond acceptors (Lipinski definition) is 4. The van der Waals surface area contributed by atoms with E-state index in [0.29, 0.717) is 32.5 Å². The van der Waals surface area contributed by atoms with E-state index >= 15 is 0 Å². The fourth-order valence-electron chi connectivity index (χ4n) is 2.42. The number of rotatable bonds is 3. The number of carboxylic acid groups (broad SMARTS) is 1. The molecular weight excluding hydrogens is 272 g/mol. The van der Waals surface area contributed by atoms with Crippen molar-refractivity contribution in [1.82, 2.24) is 9.21 Å². The lowest BCUT2D eigenvalue weighted by atomic mass is 10.2. The summed E-state index contributed by atoms with van der Waals surface area (Å²) < 4.78 is 24.3. The van der Waals surface area contributed by atoms with Crippen LogP contribution >= 0.6 is 0 Å². The summed E-state index contributed by atoms with van der Waals surface area (Å²) in [5.74, 6) is -2.04. The summed E-state index contributed by atoms with van der Waals surface area (Å²) >= 11 is 0. The predicted molar refractivity (Wildman–Crippen MR) is 66.8 cm³/mol. The molecule has 0 aromatic heterocycles. The van der Waals surface area contributed by atoms with Crippen molar-refractivity contribution in [2.75, 3.05) is 32.4 Å². The normalized spacial score (nSPS) is 28.8. The topological polar surface area (TPSA) is 95.0 Å². The second-order valence-corrected chi connectivity index (χ2v) is 7.11. The molecule has 0 aromatic rings. The maximum Gasteiger partial charge on any atom is 0.307 e. The summed E-state index contributed by atoms with van der Waals surface area (Å²) in [7, 11) is -3.23. The van der Waals surface area contributed by atoms with Crippen molar-refractivity contribution in [3.05, 3.63) is 0 Å². The third kappa shape index (κ3) is 3.24. The Labute approximate surface area is 112 Å². The highest BCUT2D eigenvalue weighted by Crippen LogP contribution is 2.40. The van der Waals surface area contributed by atoms with Gasteiger partial charge < -0.3 is 10.0 Å². The minimum absolute atomic E-state index is 0.150. The van der Waals surface area contributed by atoms with E-state index in [1.807, 2.05) is 0 Å². The van der Waals surface area contributed by atoms with Crippen molar-refractivity contribution in [2.45, 2.75) is 12.8 Å². The maximum absolute atomic E-state index is 12.1. The lowest BCUT2D eigenvalue weighted by Crippen LogP contribution is -2.38. The zero-order valence-corrected chi connectivity index (χ0v) is 11.6. The molecule has 1 saturated heterocycles. The van der Waals surface area contributed by atoms with Crippen LogP contribution in [0.1, 0.15) is 12.8 Å². The molecule has 2 fully saturated rings. The van der Waals surface area contributed by atoms with Crippen molar-refractivity contribution in [3.63, 3.8) is 0 Å². The van der Waals surface area contributed by atoms with Gasteiger partial charge in [0.1, 0.15) is 0 Å². The molecule has 0 unspecified atom stereocenters. The highest BCUT2D eigenvalue weighted by molar-refractivity contribution is 7.88. The molecule has 0 bridgehead atoms. The molecule has 0 aromatic carbocycles. The van der Waals surface area contributed by atoms with Gasteiger partial charge in [0.25, 0.3) is 0 Å². The highest BCUT2D eigenvalue weighted by Gasteiger charge is 2.49. The number of sulfonamides is 1. The van der Waals surface area contributed by atoms with Crippen LogP contribution in [0.15, 0.2) is 0 Å². The first-order chi connectivity index (χ1) is 8.80. The van der Waals surface area contributed by atoms with Crippen molar-refractivity contribution < 1.29 is 23.1 Å². The molecular formula is C11H18N2O5S. The van der Waals surface area contributed by atoms with E-state index in [9.17, 15) is 18.0 Å². The fraction of sp³-hybridized carbons (Fsp3) is 0.818. The summed E-state index contributed by atoms with van der Waals surface area (Å²) in [6.45, 7) is 1.53. The van der Waals surface area contributed by atoms with E-state index in [0.717, 1.165) is 6.26 Å². The molecule has 19 heavy (non-hydrogen) atoms. The Morgan fingerprint density at radius 3 is 2.32 bits per heavy atom. The average molecular weight is 290 g/mol. The van der Waals surface area contributed by atoms with Gasteiger partial charge in [-0.3, -0.25) is 9.59 Å². The van der Waals surface area contributed by atoms with E-state index in [-0.39, 0.29) is 12.5 Å². The zero-order chi connectivity index (χ0) is 14.2. The van der Waals surface area contributed by atoms with Gasteiger partial charge in [-0.15, -0.1) is 0 Å². The van der Waals surface area contributed by atoms with E-state index in [4.69, 9.17) is 5.11 Å². The standard InChI is InChI=1S/C11H18N2O5S/c1-19(17,18)13-4-2-3-12(5-6-13)10(14)8-7-9(8)11(15)16/h8-9H,2-7H2,1H3,(H,15,16)/t8-,9-/m0/s1. The SMILES string of the molecule is CS(=O)(=O)N1CCCN(C(=O)[C@H]2C[C@@H]2C(=O)O)CC1. The molecule has 1 saturated carbocycles. The first-order valence-corrected chi connectivity index (χ1v) is 8.12. The summed E-state index contributed by atoms with van der Waals surface area (Å²) in [6.07, 6.45) is 2.15. The largest absolute Gasteiger partial charge is 0.481 e. The number of carbonyl (C=O) groups excluding carboxylic acids is 1. The Hall–Kier alpha value is -1.15. The Morgan fingerprint density at radius 1 is 1.11 bits per heavy atom. The van der Waals surface area contributed by atoms with Crippen molar-refractivity contribution in [1.29, 1.82) is 0 Å². The molecule has 8 heteroatoms. The number of carboxylic acids is 1. The summed E-state index contributed by atoms with van der Waals surface area (Å²) in [5.41, 5.74) is 0. The van der Waals surface area contributed by atoms with Gasteiger partial charge in [-0.05, 0) is 12.8 Å². The van der Waals surface area contributed by atoms with Gasteiger partial charge in [0.2, 0.25) is 15.9 Å². The first-order valence-electron chi connectivity index (χ1n) is 6.27. The lowest BCUT2D eigenvalue weighted by Gasteiger charge is -2.21. The molecule has 2 aliphatic rings. The third-order valence-corrected chi connectivity index (χ3v) is 4.96. The van der Waals surface area contributed by atoms with Gasteiger partial charge in [0.05, 0.1) is 18.1 Å². The van der Waals surface area contributed by atoms with Gasteiger partial charge in [-0.1, -0.05) is 0 Å². The quantitative estimate of drug-likeness (QED) is 0.734. The average Bonchev–Trinajstić information content (AvgIpc) is 3.10. The maximum atomic E-state index is 12.1. The van der Waals surface area contributed by atoms with E-state index in [2.05, 4.69) is 0 Å². The van der Waals surface area contributed by atoms with Crippen LogP contribution in [-0.2, 0) is 19.6 Å². The predicted octanol–water partition coefficient (Wildman–Crippen LogP) is -0.799. The molecule has 7 nitrogen and oxygen atoms in total. The molecule has 1 heterocycles. The Balaban J connectivity index is 1.93. The minimum atomic E-state index is -3.23. The van der Waals surface area contributed by atoms with Crippen LogP contribution < -0.4 is 0 Å². The van der Waals surface area contributed by atoms with Crippen LogP contribution in [0.4, 0.5) is 0 Å².